The molecule has 1 saturated heterocycles. The molecule has 25 heteroatoms. The molecule has 1 aliphatic heterocycles. The maximum Gasteiger partial charge on any atom is 0.263 e. The number of benzene rings is 6. The number of hydrogen-bond acceptors (Lipinski definition) is 16. The van der Waals surface area contributed by atoms with Crippen LogP contribution < -0.4 is 28.5 Å². The number of sulfonamides is 3. The van der Waals surface area contributed by atoms with Crippen LogP contribution >= 0.6 is 0 Å². The number of rotatable bonds is 15. The molecule has 1 fully saturated rings. The first-order chi connectivity index (χ1) is 45.2. The molecule has 6 aromatic heterocycles. The topological polar surface area (TPSA) is 262 Å². The second-order valence-corrected chi connectivity index (χ2v) is 29.5. The fourth-order valence-electron chi connectivity index (χ4n) is 10.7. The Morgan fingerprint density at radius 3 is 1.32 bits per heavy atom. The van der Waals surface area contributed by atoms with Crippen LogP contribution in [0, 0.1) is 20.8 Å². The highest BCUT2D eigenvalue weighted by atomic mass is 32.2. The SMILES string of the molecule is COc1ccc2ncccc2c1-n1nc(C)cc1NS(=O)(=O)c1ccc(C(C)(C)C)cc1.Cc1cc(NS(=O)(=O)c2ccc(N3CCOCC3)cc2)n(-c2cccc3ncccc23)n1.Cc1cc(NS(=O)(=O)c2ccc(OC(C)(C)C)cc2)n(-c2cccc3ncccc23)n1. The molecule has 0 amide bonds. The minimum atomic E-state index is -3.83. The molecule has 0 saturated carbocycles. The number of nitrogens with zero attached hydrogens (tertiary/aromatic N) is 10. The molecule has 12 aromatic rings. The highest BCUT2D eigenvalue weighted by Gasteiger charge is 2.26. The van der Waals surface area contributed by atoms with Crippen LogP contribution in [0.1, 0.15) is 64.2 Å². The van der Waals surface area contributed by atoms with Crippen molar-refractivity contribution in [2.75, 3.05) is 52.5 Å². The zero-order chi connectivity index (χ0) is 67.5. The van der Waals surface area contributed by atoms with Crippen LogP contribution in [0.4, 0.5) is 23.1 Å². The van der Waals surface area contributed by atoms with Gasteiger partial charge in [-0.05, 0) is 186 Å². The number of aryl methyl sites for hydroxylation is 3. The summed E-state index contributed by atoms with van der Waals surface area (Å²) < 4.78 is 108. The summed E-state index contributed by atoms with van der Waals surface area (Å²) in [5, 5.41) is 16.1. The lowest BCUT2D eigenvalue weighted by atomic mass is 9.87. The Morgan fingerprint density at radius 2 is 0.874 bits per heavy atom. The first kappa shape index (κ1) is 66.3. The average Bonchev–Trinajstić information content (AvgIpc) is 1.74. The maximum absolute atomic E-state index is 13.2. The van der Waals surface area contributed by atoms with E-state index in [1.807, 2.05) is 145 Å². The Labute approximate surface area is 552 Å². The van der Waals surface area contributed by atoms with Crippen LogP contribution in [0.5, 0.6) is 11.5 Å². The Balaban J connectivity index is 0.000000145. The van der Waals surface area contributed by atoms with E-state index < -0.39 is 30.1 Å². The molecular formula is C70H73N13O9S3. The van der Waals surface area contributed by atoms with Crippen LogP contribution in [0.25, 0.3) is 49.8 Å². The number of anilines is 4. The molecule has 6 aromatic carbocycles. The third-order valence-corrected chi connectivity index (χ3v) is 19.3. The number of pyridine rings is 3. The first-order valence-corrected chi connectivity index (χ1v) is 34.9. The van der Waals surface area contributed by atoms with Gasteiger partial charge in [-0.25, -0.2) is 39.3 Å². The summed E-state index contributed by atoms with van der Waals surface area (Å²) in [6.07, 6.45) is 5.15. The van der Waals surface area contributed by atoms with E-state index in [1.54, 1.807) is 100 Å². The molecule has 0 bridgehead atoms. The Morgan fingerprint density at radius 1 is 0.463 bits per heavy atom. The molecule has 0 spiro atoms. The quantitative estimate of drug-likeness (QED) is 0.0861. The summed E-state index contributed by atoms with van der Waals surface area (Å²) >= 11 is 0. The van der Waals surface area contributed by atoms with E-state index in [4.69, 9.17) is 14.2 Å². The van der Waals surface area contributed by atoms with Gasteiger partial charge in [-0.1, -0.05) is 45.0 Å². The van der Waals surface area contributed by atoms with Crippen LogP contribution in [-0.4, -0.2) is 109 Å². The van der Waals surface area contributed by atoms with Crippen molar-refractivity contribution in [2.24, 2.45) is 0 Å². The summed E-state index contributed by atoms with van der Waals surface area (Å²) in [5.74, 6) is 2.20. The predicted molar refractivity (Wildman–Crippen MR) is 371 cm³/mol. The monoisotopic (exact) mass is 1340 g/mol. The standard InChI is InChI=1S/C24H26N4O3S.C23H23N5O3S.C23H24N4O3S/c1-16-15-22(27-32(29,30)18-10-8-17(9-11-18)24(2,3)4)28(26-16)23-19-7-6-14-25-20(19)12-13-21(23)31-5;1-17-16-23(28(25-17)22-6-2-5-21-20(22)4-3-11-24-21)26-32(29,30)19-9-7-18(8-10-19)27-12-14-31-15-13-27;1-16-15-22(27(25-16)21-9-5-8-20-19(21)7-6-14-24-20)26-31(28,29)18-12-10-17(11-13-18)30-23(2,3)4/h6-15,27H,1-5H3;2-11,16,26H,12-15H2,1H3;5-15,26H,1-4H3. The van der Waals surface area contributed by atoms with Gasteiger partial charge in [0.1, 0.15) is 40.2 Å². The van der Waals surface area contributed by atoms with E-state index in [-0.39, 0.29) is 25.7 Å². The lowest BCUT2D eigenvalue weighted by Gasteiger charge is -2.28. The minimum absolute atomic E-state index is 0.0651. The van der Waals surface area contributed by atoms with E-state index >= 15 is 0 Å². The van der Waals surface area contributed by atoms with Crippen molar-refractivity contribution in [2.45, 2.75) is 88.0 Å². The molecule has 13 rings (SSSR count). The number of morpholine rings is 1. The molecule has 3 N–H and O–H groups in total. The molecule has 1 aliphatic rings. The van der Waals surface area contributed by atoms with Crippen molar-refractivity contribution in [1.82, 2.24) is 44.3 Å². The lowest BCUT2D eigenvalue weighted by Crippen LogP contribution is -2.36. The number of hydrogen-bond donors (Lipinski definition) is 3. The molecule has 0 radical (unpaired) electrons. The number of nitrogens with one attached hydrogen (secondary N) is 3. The van der Waals surface area contributed by atoms with Gasteiger partial charge in [-0.15, -0.1) is 0 Å². The molecule has 7 heterocycles. The van der Waals surface area contributed by atoms with E-state index in [0.717, 1.165) is 68.4 Å². The van der Waals surface area contributed by atoms with E-state index in [0.29, 0.717) is 64.9 Å². The molecule has 95 heavy (non-hydrogen) atoms. The summed E-state index contributed by atoms with van der Waals surface area (Å²) in [4.78, 5) is 15.8. The van der Waals surface area contributed by atoms with Crippen molar-refractivity contribution in [3.05, 3.63) is 217 Å². The molecule has 490 valence electrons. The van der Waals surface area contributed by atoms with Gasteiger partial charge < -0.3 is 19.1 Å². The van der Waals surface area contributed by atoms with Gasteiger partial charge in [-0.3, -0.25) is 29.1 Å². The van der Waals surface area contributed by atoms with Gasteiger partial charge in [0.2, 0.25) is 0 Å². The van der Waals surface area contributed by atoms with E-state index in [2.05, 4.69) is 70.1 Å². The van der Waals surface area contributed by atoms with Crippen molar-refractivity contribution in [1.29, 1.82) is 0 Å². The van der Waals surface area contributed by atoms with Crippen LogP contribution in [0.3, 0.4) is 0 Å². The Kier molecular flexibility index (Phi) is 18.8. The van der Waals surface area contributed by atoms with Crippen LogP contribution in [-0.2, 0) is 40.2 Å². The molecule has 0 aliphatic carbocycles. The summed E-state index contributed by atoms with van der Waals surface area (Å²) in [6, 6.07) is 51.6. The van der Waals surface area contributed by atoms with Crippen molar-refractivity contribution >= 4 is 85.9 Å². The fourth-order valence-corrected chi connectivity index (χ4v) is 13.8. The van der Waals surface area contributed by atoms with E-state index in [1.165, 1.54) is 12.1 Å². The molecular weight excluding hydrogens is 1260 g/mol. The zero-order valence-electron chi connectivity index (χ0n) is 54.2. The van der Waals surface area contributed by atoms with Crippen LogP contribution in [0.2, 0.25) is 0 Å². The van der Waals surface area contributed by atoms with Crippen molar-refractivity contribution in [3.63, 3.8) is 0 Å². The second-order valence-electron chi connectivity index (χ2n) is 24.5. The van der Waals surface area contributed by atoms with Gasteiger partial charge in [0.25, 0.3) is 30.1 Å². The zero-order valence-corrected chi connectivity index (χ0v) is 56.6. The average molecular weight is 1340 g/mol. The minimum Gasteiger partial charge on any atom is -0.494 e. The molecule has 22 nitrogen and oxygen atoms in total. The Hall–Kier alpha value is -10.2. The summed E-state index contributed by atoms with van der Waals surface area (Å²) in [6.45, 7) is 20.5. The van der Waals surface area contributed by atoms with Gasteiger partial charge in [-0.2, -0.15) is 15.3 Å². The first-order valence-electron chi connectivity index (χ1n) is 30.4. The third-order valence-electron chi connectivity index (χ3n) is 15.2. The maximum atomic E-state index is 13.2. The van der Waals surface area contributed by atoms with Gasteiger partial charge >= 0.3 is 0 Å². The number of ether oxygens (including phenoxy) is 3. The Bertz CT molecular complexity index is 5090. The van der Waals surface area contributed by atoms with Crippen LogP contribution in [0.15, 0.2) is 209 Å². The van der Waals surface area contributed by atoms with E-state index in [9.17, 15) is 25.3 Å². The van der Waals surface area contributed by atoms with Gasteiger partial charge in [0.15, 0.2) is 0 Å². The van der Waals surface area contributed by atoms with Gasteiger partial charge in [0, 0.05) is 71.7 Å². The van der Waals surface area contributed by atoms with Crippen molar-refractivity contribution in [3.8, 4) is 28.6 Å². The highest BCUT2D eigenvalue weighted by Crippen LogP contribution is 2.35. The second kappa shape index (κ2) is 27.0. The third kappa shape index (κ3) is 15.2. The molecule has 0 atom stereocenters. The molecule has 0 unspecified atom stereocenters. The fraction of sp³-hybridized carbons (Fsp3) is 0.229. The largest absolute Gasteiger partial charge is 0.494 e. The van der Waals surface area contributed by atoms with Gasteiger partial charge in [0.05, 0.1) is 80.0 Å². The smallest absolute Gasteiger partial charge is 0.263 e. The summed E-state index contributed by atoms with van der Waals surface area (Å²) in [7, 11) is -9.89. The normalized spacial score (nSPS) is 13.0. The highest BCUT2D eigenvalue weighted by molar-refractivity contribution is 7.93. The predicted octanol–water partition coefficient (Wildman–Crippen LogP) is 12.9. The lowest BCUT2D eigenvalue weighted by molar-refractivity contribution is 0.122. The number of methoxy groups -OCH3 is 1. The number of fused-ring (bicyclic) bond motifs is 3. The number of aromatic nitrogens is 9. The van der Waals surface area contributed by atoms with Crippen molar-refractivity contribution < 1.29 is 39.5 Å². The summed E-state index contributed by atoms with van der Waals surface area (Å²) in [5.41, 5.74) is 8.14.